The van der Waals surface area contributed by atoms with Crippen molar-refractivity contribution in [2.45, 2.75) is 37.1 Å². The Labute approximate surface area is 144 Å². The number of nitrogens with zero attached hydrogens (tertiary/aromatic N) is 1. The minimum Gasteiger partial charge on any atom is -0.376 e. The maximum absolute atomic E-state index is 12.6. The van der Waals surface area contributed by atoms with Gasteiger partial charge < -0.3 is 9.08 Å². The zero-order chi connectivity index (χ0) is 18.9. The van der Waals surface area contributed by atoms with Gasteiger partial charge in [-0.2, -0.15) is 21.6 Å². The third kappa shape index (κ3) is 3.98. The average molecular weight is 379 g/mol. The molecule has 1 aliphatic rings. The standard InChI is InChI=1S/C16H20F3NO4S/c1-3-14(21)15(7-9-20(2)10-8-15)12-5-4-6-13(11-12)24-25(22,23)16(17,18)19/h4-6,11H,3,7-10H2,1-2H3. The molecule has 0 radical (unpaired) electrons. The van der Waals surface area contributed by atoms with Crippen molar-refractivity contribution in [3.05, 3.63) is 29.8 Å². The van der Waals surface area contributed by atoms with Crippen LogP contribution in [0, 0.1) is 0 Å². The van der Waals surface area contributed by atoms with E-state index in [1.165, 1.54) is 12.1 Å². The van der Waals surface area contributed by atoms with E-state index in [2.05, 4.69) is 9.08 Å². The lowest BCUT2D eigenvalue weighted by atomic mass is 9.69. The fraction of sp³-hybridized carbons (Fsp3) is 0.562. The molecule has 140 valence electrons. The molecule has 0 saturated carbocycles. The number of piperidine rings is 1. The van der Waals surface area contributed by atoms with Gasteiger partial charge in [-0.15, -0.1) is 0 Å². The molecule has 2 rings (SSSR count). The van der Waals surface area contributed by atoms with Crippen LogP contribution in [0.2, 0.25) is 0 Å². The number of benzene rings is 1. The first-order valence-electron chi connectivity index (χ1n) is 7.85. The van der Waals surface area contributed by atoms with Crippen molar-refractivity contribution in [3.63, 3.8) is 0 Å². The topological polar surface area (TPSA) is 63.7 Å². The Morgan fingerprint density at radius 2 is 1.88 bits per heavy atom. The van der Waals surface area contributed by atoms with Crippen molar-refractivity contribution in [1.29, 1.82) is 0 Å². The van der Waals surface area contributed by atoms with Gasteiger partial charge in [0.25, 0.3) is 0 Å². The van der Waals surface area contributed by atoms with Crippen LogP contribution in [0.1, 0.15) is 31.7 Å². The summed E-state index contributed by atoms with van der Waals surface area (Å²) >= 11 is 0. The highest BCUT2D eigenvalue weighted by molar-refractivity contribution is 7.88. The minimum atomic E-state index is -5.75. The molecular weight excluding hydrogens is 359 g/mol. The van der Waals surface area contributed by atoms with Crippen LogP contribution in [0.4, 0.5) is 13.2 Å². The second-order valence-corrected chi connectivity index (χ2v) is 7.71. The fourth-order valence-corrected chi connectivity index (χ4v) is 3.54. The van der Waals surface area contributed by atoms with Crippen LogP contribution in [0.3, 0.4) is 0 Å². The molecule has 5 nitrogen and oxygen atoms in total. The Balaban J connectivity index is 2.40. The number of ketones is 1. The Bertz CT molecular complexity index is 738. The molecule has 1 aliphatic heterocycles. The molecule has 1 aromatic rings. The molecule has 0 amide bonds. The summed E-state index contributed by atoms with van der Waals surface area (Å²) in [5, 5.41) is 0. The molecule has 1 heterocycles. The number of carbonyl (C=O) groups excluding carboxylic acids is 1. The summed E-state index contributed by atoms with van der Waals surface area (Å²) in [7, 11) is -3.82. The first-order valence-corrected chi connectivity index (χ1v) is 9.26. The Hall–Kier alpha value is -1.61. The van der Waals surface area contributed by atoms with Gasteiger partial charge in [-0.1, -0.05) is 19.1 Å². The number of likely N-dealkylation sites (tertiary alicyclic amines) is 1. The van der Waals surface area contributed by atoms with Gasteiger partial charge in [-0.3, -0.25) is 4.79 Å². The average Bonchev–Trinajstić information content (AvgIpc) is 2.54. The molecule has 1 fully saturated rings. The van der Waals surface area contributed by atoms with Gasteiger partial charge in [0.15, 0.2) is 0 Å². The first kappa shape index (κ1) is 19.7. The maximum Gasteiger partial charge on any atom is 0.534 e. The summed E-state index contributed by atoms with van der Waals surface area (Å²) in [6.45, 7) is 3.06. The highest BCUT2D eigenvalue weighted by atomic mass is 32.2. The third-order valence-electron chi connectivity index (χ3n) is 4.57. The van der Waals surface area contributed by atoms with E-state index in [1.807, 2.05) is 7.05 Å². The molecule has 0 bridgehead atoms. The molecule has 0 unspecified atom stereocenters. The van der Waals surface area contributed by atoms with Crippen LogP contribution in [-0.2, 0) is 20.3 Å². The molecule has 1 aromatic carbocycles. The smallest absolute Gasteiger partial charge is 0.376 e. The van der Waals surface area contributed by atoms with Crippen molar-refractivity contribution in [3.8, 4) is 5.75 Å². The molecule has 9 heteroatoms. The second kappa shape index (κ2) is 6.95. The summed E-state index contributed by atoms with van der Waals surface area (Å²) in [5.41, 5.74) is -5.85. The Morgan fingerprint density at radius 1 is 1.28 bits per heavy atom. The largest absolute Gasteiger partial charge is 0.534 e. The van der Waals surface area contributed by atoms with Gasteiger partial charge in [0, 0.05) is 6.42 Å². The van der Waals surface area contributed by atoms with E-state index < -0.39 is 26.8 Å². The van der Waals surface area contributed by atoms with Crippen LogP contribution in [-0.4, -0.2) is 44.7 Å². The second-order valence-electron chi connectivity index (χ2n) is 6.17. The normalized spacial score (nSPS) is 18.8. The van der Waals surface area contributed by atoms with Crippen molar-refractivity contribution in [2.75, 3.05) is 20.1 Å². The lowest BCUT2D eigenvalue weighted by Crippen LogP contribution is -2.46. The fourth-order valence-electron chi connectivity index (χ4n) is 3.09. The zero-order valence-corrected chi connectivity index (χ0v) is 14.8. The van der Waals surface area contributed by atoms with Crippen LogP contribution in [0.25, 0.3) is 0 Å². The van der Waals surface area contributed by atoms with Crippen LogP contribution in [0.5, 0.6) is 5.75 Å². The summed E-state index contributed by atoms with van der Waals surface area (Å²) in [5.74, 6) is -0.464. The van der Waals surface area contributed by atoms with Crippen LogP contribution in [0.15, 0.2) is 24.3 Å². The zero-order valence-electron chi connectivity index (χ0n) is 14.0. The summed E-state index contributed by atoms with van der Waals surface area (Å²) in [4.78, 5) is 14.7. The van der Waals surface area contributed by atoms with E-state index in [4.69, 9.17) is 0 Å². The maximum atomic E-state index is 12.6. The van der Waals surface area contributed by atoms with Crippen molar-refractivity contribution < 1.29 is 30.6 Å². The number of halogens is 3. The number of hydrogen-bond donors (Lipinski definition) is 0. The van der Waals surface area contributed by atoms with Crippen LogP contribution < -0.4 is 4.18 Å². The predicted octanol–water partition coefficient (Wildman–Crippen LogP) is 2.86. The van der Waals surface area contributed by atoms with Crippen molar-refractivity contribution in [2.24, 2.45) is 0 Å². The molecule has 25 heavy (non-hydrogen) atoms. The molecular formula is C16H20F3NO4S. The van der Waals surface area contributed by atoms with E-state index in [0.29, 0.717) is 31.5 Å². The SMILES string of the molecule is CCC(=O)C1(c2cccc(OS(=O)(=O)C(F)(F)F)c2)CCN(C)CC1. The minimum absolute atomic E-state index is 0.0172. The number of hydrogen-bond acceptors (Lipinski definition) is 5. The number of carbonyl (C=O) groups is 1. The van der Waals surface area contributed by atoms with E-state index >= 15 is 0 Å². The molecule has 0 atom stereocenters. The highest BCUT2D eigenvalue weighted by Crippen LogP contribution is 2.39. The molecule has 0 N–H and O–H groups in total. The number of rotatable bonds is 5. The first-order chi connectivity index (χ1) is 11.5. The Morgan fingerprint density at radius 3 is 2.40 bits per heavy atom. The van der Waals surface area contributed by atoms with E-state index in [-0.39, 0.29) is 12.2 Å². The van der Waals surface area contributed by atoms with Gasteiger partial charge >= 0.3 is 15.6 Å². The number of alkyl halides is 3. The third-order valence-corrected chi connectivity index (χ3v) is 5.55. The molecule has 0 spiro atoms. The van der Waals surface area contributed by atoms with Gasteiger partial charge in [0.1, 0.15) is 11.5 Å². The van der Waals surface area contributed by atoms with E-state index in [9.17, 15) is 26.4 Å². The number of Topliss-reactive ketones (excluding diaryl/α,β-unsaturated/α-hetero) is 1. The van der Waals surface area contributed by atoms with Gasteiger partial charge in [0.05, 0.1) is 5.41 Å². The molecule has 0 aromatic heterocycles. The van der Waals surface area contributed by atoms with E-state index in [0.717, 1.165) is 6.07 Å². The van der Waals surface area contributed by atoms with Gasteiger partial charge in [0.2, 0.25) is 0 Å². The highest BCUT2D eigenvalue weighted by Gasteiger charge is 2.49. The van der Waals surface area contributed by atoms with Crippen LogP contribution >= 0.6 is 0 Å². The lowest BCUT2D eigenvalue weighted by molar-refractivity contribution is -0.126. The molecule has 0 aliphatic carbocycles. The van der Waals surface area contributed by atoms with Gasteiger partial charge in [-0.25, -0.2) is 0 Å². The van der Waals surface area contributed by atoms with E-state index in [1.54, 1.807) is 13.0 Å². The van der Waals surface area contributed by atoms with Gasteiger partial charge in [-0.05, 0) is 50.7 Å². The predicted molar refractivity (Wildman–Crippen MR) is 85.8 cm³/mol. The van der Waals surface area contributed by atoms with Crippen molar-refractivity contribution >= 4 is 15.9 Å². The lowest BCUT2D eigenvalue weighted by Gasteiger charge is -2.40. The Kier molecular flexibility index (Phi) is 5.48. The summed E-state index contributed by atoms with van der Waals surface area (Å²) in [6, 6.07) is 5.39. The summed E-state index contributed by atoms with van der Waals surface area (Å²) in [6.07, 6.45) is 1.33. The summed E-state index contributed by atoms with van der Waals surface area (Å²) < 4.78 is 64.1. The monoisotopic (exact) mass is 379 g/mol. The quantitative estimate of drug-likeness (QED) is 0.582. The molecule has 1 saturated heterocycles. The van der Waals surface area contributed by atoms with Crippen molar-refractivity contribution in [1.82, 2.24) is 4.90 Å².